The molecule has 0 fully saturated rings. The lowest BCUT2D eigenvalue weighted by atomic mass is 9.89. The van der Waals surface area contributed by atoms with Gasteiger partial charge in [0.15, 0.2) is 0 Å². The lowest BCUT2D eigenvalue weighted by Gasteiger charge is -2.24. The molecule has 21 heavy (non-hydrogen) atoms. The Labute approximate surface area is 121 Å². The van der Waals surface area contributed by atoms with E-state index in [9.17, 15) is 18.0 Å². The highest BCUT2D eigenvalue weighted by Crippen LogP contribution is 2.29. The van der Waals surface area contributed by atoms with Gasteiger partial charge in [-0.05, 0) is 42.6 Å². The van der Waals surface area contributed by atoms with Gasteiger partial charge in [-0.15, -0.1) is 0 Å². The second-order valence-corrected chi connectivity index (χ2v) is 5.59. The number of rotatable bonds is 5. The maximum atomic E-state index is 12.4. The van der Waals surface area contributed by atoms with Crippen LogP contribution in [0.2, 0.25) is 0 Å². The van der Waals surface area contributed by atoms with E-state index < -0.39 is 17.8 Å². The number of anilines is 1. The average molecular weight is 303 g/mol. The molecule has 1 aromatic carbocycles. The van der Waals surface area contributed by atoms with Gasteiger partial charge in [-0.25, -0.2) is 4.79 Å². The predicted octanol–water partition coefficient (Wildman–Crippen LogP) is 3.20. The summed E-state index contributed by atoms with van der Waals surface area (Å²) in [5.41, 5.74) is 4.89. The van der Waals surface area contributed by atoms with Gasteiger partial charge in [0.25, 0.3) is 0 Å². The van der Waals surface area contributed by atoms with Crippen molar-refractivity contribution in [1.29, 1.82) is 0 Å². The molecule has 0 atom stereocenters. The minimum atomic E-state index is -4.38. The number of halogens is 3. The average Bonchev–Trinajstić information content (AvgIpc) is 2.36. The van der Waals surface area contributed by atoms with Crippen molar-refractivity contribution < 1.29 is 18.0 Å². The van der Waals surface area contributed by atoms with Gasteiger partial charge in [-0.1, -0.05) is 13.8 Å². The van der Waals surface area contributed by atoms with Crippen LogP contribution in [-0.2, 0) is 6.18 Å². The van der Waals surface area contributed by atoms with Crippen LogP contribution >= 0.6 is 0 Å². The van der Waals surface area contributed by atoms with Gasteiger partial charge in [0, 0.05) is 12.2 Å². The van der Waals surface area contributed by atoms with E-state index >= 15 is 0 Å². The molecule has 0 aromatic heterocycles. The molecule has 0 aliphatic carbocycles. The van der Waals surface area contributed by atoms with E-state index in [2.05, 4.69) is 10.6 Å². The van der Waals surface area contributed by atoms with E-state index in [4.69, 9.17) is 5.73 Å². The van der Waals surface area contributed by atoms with Gasteiger partial charge >= 0.3 is 12.2 Å². The number of carbonyl (C=O) groups is 1. The third kappa shape index (κ3) is 6.03. The van der Waals surface area contributed by atoms with Crippen molar-refractivity contribution >= 4 is 11.7 Å². The highest BCUT2D eigenvalue weighted by atomic mass is 19.4. The van der Waals surface area contributed by atoms with Crippen LogP contribution < -0.4 is 16.4 Å². The first-order chi connectivity index (χ1) is 9.64. The van der Waals surface area contributed by atoms with Crippen LogP contribution in [0.5, 0.6) is 0 Å². The molecule has 0 saturated heterocycles. The predicted molar refractivity (Wildman–Crippen MR) is 75.9 cm³/mol. The topological polar surface area (TPSA) is 67.1 Å². The SMILES string of the molecule is CC(C)(CCN)CNC(=O)Nc1ccc(C(F)(F)F)cc1. The summed E-state index contributed by atoms with van der Waals surface area (Å²) in [5, 5.41) is 5.16. The zero-order valence-corrected chi connectivity index (χ0v) is 12.1. The van der Waals surface area contributed by atoms with Gasteiger partial charge in [0.1, 0.15) is 0 Å². The van der Waals surface area contributed by atoms with Crippen molar-refractivity contribution in [2.75, 3.05) is 18.4 Å². The number of hydrogen-bond donors (Lipinski definition) is 3. The summed E-state index contributed by atoms with van der Waals surface area (Å²) in [6.07, 6.45) is -3.62. The summed E-state index contributed by atoms with van der Waals surface area (Å²) in [5.74, 6) is 0. The van der Waals surface area contributed by atoms with E-state index in [0.717, 1.165) is 18.6 Å². The number of alkyl halides is 3. The van der Waals surface area contributed by atoms with Crippen molar-refractivity contribution in [2.24, 2.45) is 11.1 Å². The van der Waals surface area contributed by atoms with E-state index in [1.165, 1.54) is 12.1 Å². The van der Waals surface area contributed by atoms with Gasteiger partial charge in [-0.3, -0.25) is 0 Å². The largest absolute Gasteiger partial charge is 0.416 e. The van der Waals surface area contributed by atoms with Crippen LogP contribution in [0.3, 0.4) is 0 Å². The molecular weight excluding hydrogens is 283 g/mol. The summed E-state index contributed by atoms with van der Waals surface area (Å²) in [6, 6.07) is 3.82. The lowest BCUT2D eigenvalue weighted by Crippen LogP contribution is -2.37. The Bertz CT molecular complexity index is 469. The smallest absolute Gasteiger partial charge is 0.337 e. The van der Waals surface area contributed by atoms with Crippen molar-refractivity contribution in [1.82, 2.24) is 5.32 Å². The van der Waals surface area contributed by atoms with E-state index in [1.54, 1.807) is 0 Å². The summed E-state index contributed by atoms with van der Waals surface area (Å²) in [7, 11) is 0. The quantitative estimate of drug-likeness (QED) is 0.782. The van der Waals surface area contributed by atoms with Gasteiger partial charge in [0.2, 0.25) is 0 Å². The maximum absolute atomic E-state index is 12.4. The molecule has 1 rings (SSSR count). The molecule has 4 N–H and O–H groups in total. The third-order valence-corrected chi connectivity index (χ3v) is 3.02. The second kappa shape index (κ2) is 6.80. The number of nitrogens with two attached hydrogens (primary N) is 1. The van der Waals surface area contributed by atoms with Gasteiger partial charge < -0.3 is 16.4 Å². The summed E-state index contributed by atoms with van der Waals surface area (Å²) in [6.45, 7) is 4.89. The van der Waals surface area contributed by atoms with Gasteiger partial charge in [0.05, 0.1) is 5.56 Å². The highest BCUT2D eigenvalue weighted by molar-refractivity contribution is 5.89. The standard InChI is InChI=1S/C14H20F3N3O/c1-13(2,7-8-18)9-19-12(21)20-11-5-3-10(4-6-11)14(15,16)17/h3-6H,7-9,18H2,1-2H3,(H2,19,20,21). The van der Waals surface area contributed by atoms with Crippen LogP contribution in [0.25, 0.3) is 0 Å². The van der Waals surface area contributed by atoms with Gasteiger partial charge in [-0.2, -0.15) is 13.2 Å². The van der Waals surface area contributed by atoms with Crippen LogP contribution in [0.15, 0.2) is 24.3 Å². The third-order valence-electron chi connectivity index (χ3n) is 3.02. The maximum Gasteiger partial charge on any atom is 0.416 e. The molecule has 2 amide bonds. The number of benzene rings is 1. The van der Waals surface area contributed by atoms with Crippen LogP contribution in [-0.4, -0.2) is 19.1 Å². The van der Waals surface area contributed by atoms with Crippen LogP contribution in [0.4, 0.5) is 23.7 Å². The summed E-state index contributed by atoms with van der Waals surface area (Å²) in [4.78, 5) is 11.7. The van der Waals surface area contributed by atoms with E-state index in [-0.39, 0.29) is 5.41 Å². The molecule has 1 aromatic rings. The first-order valence-corrected chi connectivity index (χ1v) is 6.56. The highest BCUT2D eigenvalue weighted by Gasteiger charge is 2.30. The zero-order chi connectivity index (χ0) is 16.1. The Morgan fingerprint density at radius 1 is 1.19 bits per heavy atom. The summed E-state index contributed by atoms with van der Waals surface area (Å²) >= 11 is 0. The van der Waals surface area contributed by atoms with Crippen molar-refractivity contribution in [2.45, 2.75) is 26.4 Å². The Hall–Kier alpha value is -1.76. The van der Waals surface area contributed by atoms with Crippen molar-refractivity contribution in [3.05, 3.63) is 29.8 Å². The molecule has 0 spiro atoms. The van der Waals surface area contributed by atoms with E-state index in [1.807, 2.05) is 13.8 Å². The molecule has 0 bridgehead atoms. The minimum Gasteiger partial charge on any atom is -0.337 e. The fraction of sp³-hybridized carbons (Fsp3) is 0.500. The normalized spacial score (nSPS) is 12.1. The fourth-order valence-corrected chi connectivity index (χ4v) is 1.72. The van der Waals surface area contributed by atoms with Crippen LogP contribution in [0.1, 0.15) is 25.8 Å². The molecule has 0 unspecified atom stereocenters. The van der Waals surface area contributed by atoms with Crippen molar-refractivity contribution in [3.63, 3.8) is 0 Å². The Morgan fingerprint density at radius 2 is 1.76 bits per heavy atom. The minimum absolute atomic E-state index is 0.133. The number of nitrogens with one attached hydrogen (secondary N) is 2. The Kier molecular flexibility index (Phi) is 5.60. The first-order valence-electron chi connectivity index (χ1n) is 6.56. The number of urea groups is 1. The molecule has 0 heterocycles. The molecule has 4 nitrogen and oxygen atoms in total. The number of carbonyl (C=O) groups excluding carboxylic acids is 1. The molecule has 118 valence electrons. The molecule has 0 saturated carbocycles. The molecule has 0 radical (unpaired) electrons. The molecule has 7 heteroatoms. The Morgan fingerprint density at radius 3 is 2.24 bits per heavy atom. The number of hydrogen-bond acceptors (Lipinski definition) is 2. The number of amides is 2. The fourth-order valence-electron chi connectivity index (χ4n) is 1.72. The monoisotopic (exact) mass is 303 g/mol. The second-order valence-electron chi connectivity index (χ2n) is 5.59. The lowest BCUT2D eigenvalue weighted by molar-refractivity contribution is -0.137. The van der Waals surface area contributed by atoms with E-state index in [0.29, 0.717) is 18.8 Å². The first kappa shape index (κ1) is 17.3. The molecular formula is C14H20F3N3O. The Balaban J connectivity index is 2.52. The summed E-state index contributed by atoms with van der Waals surface area (Å²) < 4.78 is 37.2. The van der Waals surface area contributed by atoms with Crippen LogP contribution in [0, 0.1) is 5.41 Å². The molecule has 0 aliphatic heterocycles. The zero-order valence-electron chi connectivity index (χ0n) is 12.1. The molecule has 0 aliphatic rings. The van der Waals surface area contributed by atoms with Crippen molar-refractivity contribution in [3.8, 4) is 0 Å².